The molecule has 1 aliphatic rings. The summed E-state index contributed by atoms with van der Waals surface area (Å²) in [6, 6.07) is 30.0. The standard InChI is InChI=1S/C22H19NO2/c24-21(25)20-16-23(20)22(17-10-4-1-5-11-17,18-12-6-2-7-13-18)19-14-8-3-9-15-19/h1-15,20H,16H2,(H,24,25)/t20-,23?/m1/s1. The monoisotopic (exact) mass is 329 g/mol. The van der Waals surface area contributed by atoms with Gasteiger partial charge in [0.15, 0.2) is 0 Å². The molecule has 25 heavy (non-hydrogen) atoms. The summed E-state index contributed by atoms with van der Waals surface area (Å²) < 4.78 is 0. The van der Waals surface area contributed by atoms with E-state index < -0.39 is 17.6 Å². The predicted octanol–water partition coefficient (Wildman–Crippen LogP) is 3.75. The minimum absolute atomic E-state index is 0.472. The summed E-state index contributed by atoms with van der Waals surface area (Å²) in [6.07, 6.45) is 0. The maximum Gasteiger partial charge on any atom is 0.322 e. The van der Waals surface area contributed by atoms with Crippen molar-refractivity contribution in [3.63, 3.8) is 0 Å². The molecular formula is C22H19NO2. The van der Waals surface area contributed by atoms with Gasteiger partial charge >= 0.3 is 5.97 Å². The summed E-state index contributed by atoms with van der Waals surface area (Å²) in [6.45, 7) is 0.536. The third-order valence-corrected chi connectivity index (χ3v) is 4.90. The lowest BCUT2D eigenvalue weighted by molar-refractivity contribution is -0.137. The number of nitrogens with zero attached hydrogens (tertiary/aromatic N) is 1. The van der Waals surface area contributed by atoms with E-state index in [9.17, 15) is 9.90 Å². The molecule has 1 aliphatic heterocycles. The second kappa shape index (κ2) is 6.19. The van der Waals surface area contributed by atoms with E-state index in [1.807, 2.05) is 54.6 Å². The van der Waals surface area contributed by atoms with E-state index in [-0.39, 0.29) is 0 Å². The Morgan fingerprint density at radius 3 is 1.40 bits per heavy atom. The fourth-order valence-corrected chi connectivity index (χ4v) is 3.76. The first-order valence-electron chi connectivity index (χ1n) is 8.40. The Morgan fingerprint density at radius 2 is 1.12 bits per heavy atom. The molecule has 4 rings (SSSR count). The van der Waals surface area contributed by atoms with Gasteiger partial charge in [-0.15, -0.1) is 0 Å². The molecule has 0 amide bonds. The van der Waals surface area contributed by atoms with E-state index in [0.717, 1.165) is 16.7 Å². The van der Waals surface area contributed by atoms with Crippen LogP contribution >= 0.6 is 0 Å². The van der Waals surface area contributed by atoms with Crippen molar-refractivity contribution in [3.8, 4) is 0 Å². The number of carboxylic acids is 1. The molecule has 1 saturated heterocycles. The lowest BCUT2D eigenvalue weighted by atomic mass is 9.76. The van der Waals surface area contributed by atoms with Gasteiger partial charge in [-0.3, -0.25) is 9.69 Å². The van der Waals surface area contributed by atoms with Gasteiger partial charge in [0, 0.05) is 6.54 Å². The van der Waals surface area contributed by atoms with Gasteiger partial charge in [-0.1, -0.05) is 91.0 Å². The number of hydrogen-bond acceptors (Lipinski definition) is 2. The molecule has 1 heterocycles. The molecule has 2 atom stereocenters. The fraction of sp³-hybridized carbons (Fsp3) is 0.136. The number of carbonyl (C=O) groups is 1. The van der Waals surface area contributed by atoms with Crippen molar-refractivity contribution >= 4 is 5.97 Å². The molecular weight excluding hydrogens is 310 g/mol. The second-order valence-corrected chi connectivity index (χ2v) is 6.31. The Labute approximate surface area is 147 Å². The topological polar surface area (TPSA) is 40.3 Å². The van der Waals surface area contributed by atoms with Gasteiger partial charge in [0.05, 0.1) is 5.54 Å². The zero-order valence-corrected chi connectivity index (χ0v) is 13.7. The van der Waals surface area contributed by atoms with Crippen molar-refractivity contribution in [1.82, 2.24) is 4.90 Å². The van der Waals surface area contributed by atoms with Crippen molar-refractivity contribution in [2.75, 3.05) is 6.54 Å². The third kappa shape index (κ3) is 2.53. The van der Waals surface area contributed by atoms with Gasteiger partial charge in [-0.05, 0) is 16.7 Å². The lowest BCUT2D eigenvalue weighted by Crippen LogP contribution is -2.40. The van der Waals surface area contributed by atoms with Crippen LogP contribution in [0.25, 0.3) is 0 Å². The Morgan fingerprint density at radius 1 is 0.760 bits per heavy atom. The second-order valence-electron chi connectivity index (χ2n) is 6.31. The molecule has 3 aromatic carbocycles. The molecule has 1 N–H and O–H groups in total. The van der Waals surface area contributed by atoms with Gasteiger partial charge in [-0.25, -0.2) is 0 Å². The summed E-state index contributed by atoms with van der Waals surface area (Å²) in [4.78, 5) is 13.7. The molecule has 3 nitrogen and oxygen atoms in total. The number of benzene rings is 3. The molecule has 1 fully saturated rings. The smallest absolute Gasteiger partial charge is 0.322 e. The third-order valence-electron chi connectivity index (χ3n) is 4.90. The van der Waals surface area contributed by atoms with Crippen molar-refractivity contribution in [2.45, 2.75) is 11.6 Å². The molecule has 0 spiro atoms. The van der Waals surface area contributed by atoms with Crippen LogP contribution in [0.1, 0.15) is 16.7 Å². The van der Waals surface area contributed by atoms with Crippen LogP contribution in [0.2, 0.25) is 0 Å². The highest BCUT2D eigenvalue weighted by Crippen LogP contribution is 2.48. The van der Waals surface area contributed by atoms with Crippen LogP contribution in [0, 0.1) is 0 Å². The molecule has 0 saturated carbocycles. The molecule has 0 bridgehead atoms. The summed E-state index contributed by atoms with van der Waals surface area (Å²) in [7, 11) is 0. The molecule has 1 unspecified atom stereocenters. The van der Waals surface area contributed by atoms with Crippen molar-refractivity contribution < 1.29 is 9.90 Å². The molecule has 3 heteroatoms. The van der Waals surface area contributed by atoms with Crippen molar-refractivity contribution in [1.29, 1.82) is 0 Å². The Bertz CT molecular complexity index is 766. The van der Waals surface area contributed by atoms with E-state index >= 15 is 0 Å². The van der Waals surface area contributed by atoms with Crippen LogP contribution in [-0.4, -0.2) is 28.6 Å². The zero-order valence-electron chi connectivity index (χ0n) is 13.7. The van der Waals surface area contributed by atoms with Crippen LogP contribution in [0.3, 0.4) is 0 Å². The van der Waals surface area contributed by atoms with Gasteiger partial charge in [-0.2, -0.15) is 0 Å². The van der Waals surface area contributed by atoms with E-state index in [2.05, 4.69) is 41.3 Å². The average Bonchev–Trinajstić information content (AvgIpc) is 3.47. The Balaban J connectivity index is 2.01. The maximum absolute atomic E-state index is 11.7. The molecule has 0 aliphatic carbocycles. The van der Waals surface area contributed by atoms with E-state index in [1.54, 1.807) is 0 Å². The quantitative estimate of drug-likeness (QED) is 0.572. The highest BCUT2D eigenvalue weighted by atomic mass is 16.4. The SMILES string of the molecule is O=C(O)[C@H]1CN1C(c1ccccc1)(c1ccccc1)c1ccccc1. The molecule has 3 aromatic rings. The Kier molecular flexibility index (Phi) is 3.86. The number of aliphatic carboxylic acids is 1. The van der Waals surface area contributed by atoms with Gasteiger partial charge < -0.3 is 5.11 Å². The van der Waals surface area contributed by atoms with Gasteiger partial charge in [0.2, 0.25) is 0 Å². The number of rotatable bonds is 5. The normalized spacial score (nSPS) is 19.4. The first-order chi connectivity index (χ1) is 12.2. The van der Waals surface area contributed by atoms with Crippen LogP contribution in [0.4, 0.5) is 0 Å². The van der Waals surface area contributed by atoms with E-state index in [4.69, 9.17) is 0 Å². The van der Waals surface area contributed by atoms with Gasteiger partial charge in [0.1, 0.15) is 6.04 Å². The zero-order chi connectivity index (χ0) is 17.3. The molecule has 0 radical (unpaired) electrons. The highest BCUT2D eigenvalue weighted by molar-refractivity contribution is 5.78. The van der Waals surface area contributed by atoms with E-state index in [1.165, 1.54) is 0 Å². The maximum atomic E-state index is 11.7. The minimum atomic E-state index is -0.771. The van der Waals surface area contributed by atoms with Crippen LogP contribution in [-0.2, 0) is 10.3 Å². The van der Waals surface area contributed by atoms with Crippen molar-refractivity contribution in [3.05, 3.63) is 108 Å². The highest BCUT2D eigenvalue weighted by Gasteiger charge is 2.56. The number of carboxylic acid groups (broad SMARTS) is 1. The predicted molar refractivity (Wildman–Crippen MR) is 97.3 cm³/mol. The summed E-state index contributed by atoms with van der Waals surface area (Å²) in [5.74, 6) is -0.771. The minimum Gasteiger partial charge on any atom is -0.480 e. The summed E-state index contributed by atoms with van der Waals surface area (Å²) in [5, 5.41) is 9.59. The van der Waals surface area contributed by atoms with Crippen LogP contribution < -0.4 is 0 Å². The lowest BCUT2D eigenvalue weighted by Gasteiger charge is -2.38. The first kappa shape index (κ1) is 15.6. The molecule has 124 valence electrons. The summed E-state index contributed by atoms with van der Waals surface area (Å²) >= 11 is 0. The van der Waals surface area contributed by atoms with E-state index in [0.29, 0.717) is 6.54 Å². The summed E-state index contributed by atoms with van der Waals surface area (Å²) in [5.41, 5.74) is 2.63. The average molecular weight is 329 g/mol. The van der Waals surface area contributed by atoms with Crippen LogP contribution in [0.15, 0.2) is 91.0 Å². The fourth-order valence-electron chi connectivity index (χ4n) is 3.76. The first-order valence-corrected chi connectivity index (χ1v) is 8.40. The molecule has 0 aromatic heterocycles. The van der Waals surface area contributed by atoms with Gasteiger partial charge in [0.25, 0.3) is 0 Å². The van der Waals surface area contributed by atoms with Crippen LogP contribution in [0.5, 0.6) is 0 Å². The van der Waals surface area contributed by atoms with Crippen molar-refractivity contribution in [2.24, 2.45) is 0 Å². The largest absolute Gasteiger partial charge is 0.480 e. The Hall–Kier alpha value is -2.91. The number of hydrogen-bond donors (Lipinski definition) is 1.